The summed E-state index contributed by atoms with van der Waals surface area (Å²) in [5.74, 6) is -0.373. The standard InChI is InChI=1S/C23H24ClF3N4O4S/c1-14-11-16-12-20(35-23(25,26)27)19(24)13-18(16)21(29-31(14)22(32)28-2)15-3-5-17(6-4-15)30-7-9-36(33,34)10-8-30/h3-6,12-14H,7-11H2,1-2H3,(H,28,32). The van der Waals surface area contributed by atoms with Gasteiger partial charge in [-0.3, -0.25) is 0 Å². The molecule has 4 rings (SSSR count). The van der Waals surface area contributed by atoms with Crippen molar-refractivity contribution in [1.82, 2.24) is 10.3 Å². The number of alkyl halides is 3. The number of halogens is 4. The van der Waals surface area contributed by atoms with Crippen molar-refractivity contribution in [3.8, 4) is 5.75 Å². The fraction of sp³-hybridized carbons (Fsp3) is 0.391. The number of nitrogens with one attached hydrogen (secondary N) is 1. The number of carbonyl (C=O) groups is 1. The van der Waals surface area contributed by atoms with Crippen LogP contribution in [0.1, 0.15) is 23.6 Å². The van der Waals surface area contributed by atoms with E-state index in [1.807, 2.05) is 17.0 Å². The van der Waals surface area contributed by atoms with Gasteiger partial charge in [0.05, 0.1) is 28.3 Å². The number of urea groups is 1. The SMILES string of the molecule is CNC(=O)N1N=C(c2ccc(N3CCS(=O)(=O)CC3)cc2)c2cc(Cl)c(OC(F)(F)F)cc2CC1C. The van der Waals surface area contributed by atoms with Crippen molar-refractivity contribution in [2.75, 3.05) is 36.5 Å². The summed E-state index contributed by atoms with van der Waals surface area (Å²) in [4.78, 5) is 14.5. The molecule has 0 saturated carbocycles. The van der Waals surface area contributed by atoms with Gasteiger partial charge in [0.2, 0.25) is 0 Å². The van der Waals surface area contributed by atoms with Crippen molar-refractivity contribution < 1.29 is 31.1 Å². The van der Waals surface area contributed by atoms with Gasteiger partial charge in [0, 0.05) is 37.0 Å². The Kier molecular flexibility index (Phi) is 7.11. The maximum absolute atomic E-state index is 12.9. The summed E-state index contributed by atoms with van der Waals surface area (Å²) in [6, 6.07) is 8.81. The number of amides is 2. The van der Waals surface area contributed by atoms with E-state index in [9.17, 15) is 26.4 Å². The Balaban J connectivity index is 1.75. The maximum atomic E-state index is 12.9. The number of anilines is 1. The van der Waals surface area contributed by atoms with Gasteiger partial charge in [-0.15, -0.1) is 13.2 Å². The van der Waals surface area contributed by atoms with E-state index in [1.54, 1.807) is 19.1 Å². The first kappa shape index (κ1) is 26.1. The fourth-order valence-corrected chi connectivity index (χ4v) is 5.63. The topological polar surface area (TPSA) is 91.3 Å². The number of carbonyl (C=O) groups excluding carboxylic acids is 1. The lowest BCUT2D eigenvalue weighted by Crippen LogP contribution is -2.41. The monoisotopic (exact) mass is 544 g/mol. The predicted octanol–water partition coefficient (Wildman–Crippen LogP) is 3.81. The highest BCUT2D eigenvalue weighted by molar-refractivity contribution is 7.91. The molecular weight excluding hydrogens is 521 g/mol. The Hall–Kier alpha value is -2.99. The maximum Gasteiger partial charge on any atom is 0.573 e. The highest BCUT2D eigenvalue weighted by Crippen LogP contribution is 2.36. The van der Waals surface area contributed by atoms with E-state index in [4.69, 9.17) is 11.6 Å². The van der Waals surface area contributed by atoms with Crippen LogP contribution in [0.4, 0.5) is 23.7 Å². The summed E-state index contributed by atoms with van der Waals surface area (Å²) in [7, 11) is -1.56. The minimum atomic E-state index is -4.91. The molecule has 1 saturated heterocycles. The largest absolute Gasteiger partial charge is 0.573 e. The molecule has 8 nitrogen and oxygen atoms in total. The van der Waals surface area contributed by atoms with Gasteiger partial charge in [0.1, 0.15) is 5.75 Å². The van der Waals surface area contributed by atoms with E-state index < -0.39 is 34.0 Å². The molecule has 0 bridgehead atoms. The Morgan fingerprint density at radius 2 is 1.81 bits per heavy atom. The van der Waals surface area contributed by atoms with Crippen LogP contribution in [0.2, 0.25) is 5.02 Å². The first-order valence-corrected chi connectivity index (χ1v) is 13.3. The molecule has 2 aromatic rings. The molecule has 36 heavy (non-hydrogen) atoms. The average Bonchev–Trinajstić information content (AvgIpc) is 2.94. The molecule has 0 aliphatic carbocycles. The fourth-order valence-electron chi connectivity index (χ4n) is 4.23. The number of ether oxygens (including phenoxy) is 1. The van der Waals surface area contributed by atoms with Crippen molar-refractivity contribution in [3.63, 3.8) is 0 Å². The Morgan fingerprint density at radius 1 is 1.17 bits per heavy atom. The Morgan fingerprint density at radius 3 is 2.39 bits per heavy atom. The van der Waals surface area contributed by atoms with Crippen molar-refractivity contribution in [3.05, 3.63) is 58.1 Å². The molecule has 1 atom stereocenters. The van der Waals surface area contributed by atoms with E-state index in [2.05, 4.69) is 15.2 Å². The molecular formula is C23H24ClF3N4O4S. The van der Waals surface area contributed by atoms with Crippen LogP contribution in [-0.4, -0.2) is 69.2 Å². The van der Waals surface area contributed by atoms with Crippen LogP contribution in [0.15, 0.2) is 41.5 Å². The number of rotatable bonds is 3. The summed E-state index contributed by atoms with van der Waals surface area (Å²) in [5, 5.41) is 8.10. The van der Waals surface area contributed by atoms with Gasteiger partial charge in [-0.2, -0.15) is 5.10 Å². The molecule has 2 aliphatic rings. The zero-order valence-corrected chi connectivity index (χ0v) is 21.0. The summed E-state index contributed by atoms with van der Waals surface area (Å²) in [5.41, 5.74) is 2.75. The second kappa shape index (κ2) is 9.81. The minimum absolute atomic E-state index is 0.0780. The molecule has 1 N–H and O–H groups in total. The molecule has 2 amide bonds. The van der Waals surface area contributed by atoms with E-state index in [0.29, 0.717) is 35.5 Å². The van der Waals surface area contributed by atoms with E-state index in [0.717, 1.165) is 5.69 Å². The van der Waals surface area contributed by atoms with Crippen molar-refractivity contribution in [2.24, 2.45) is 5.10 Å². The van der Waals surface area contributed by atoms with Crippen LogP contribution in [0.25, 0.3) is 0 Å². The zero-order valence-electron chi connectivity index (χ0n) is 19.5. The molecule has 13 heteroatoms. The lowest BCUT2D eigenvalue weighted by molar-refractivity contribution is -0.274. The number of hydrogen-bond acceptors (Lipinski definition) is 6. The van der Waals surface area contributed by atoms with Crippen molar-refractivity contribution in [2.45, 2.75) is 25.7 Å². The summed E-state index contributed by atoms with van der Waals surface area (Å²) >= 11 is 6.16. The number of sulfone groups is 1. The Bertz CT molecular complexity index is 1290. The number of benzene rings is 2. The van der Waals surface area contributed by atoms with E-state index in [1.165, 1.54) is 24.2 Å². The van der Waals surface area contributed by atoms with Crippen LogP contribution in [0.3, 0.4) is 0 Å². The lowest BCUT2D eigenvalue weighted by atomic mass is 9.94. The summed E-state index contributed by atoms with van der Waals surface area (Å²) < 4.78 is 66.3. The number of hydrogen-bond donors (Lipinski definition) is 1. The highest BCUT2D eigenvalue weighted by Gasteiger charge is 2.34. The smallest absolute Gasteiger partial charge is 0.404 e. The van der Waals surface area contributed by atoms with E-state index in [-0.39, 0.29) is 22.9 Å². The van der Waals surface area contributed by atoms with Gasteiger partial charge in [-0.05, 0) is 43.2 Å². The summed E-state index contributed by atoms with van der Waals surface area (Å²) in [6.07, 6.45) is -4.70. The molecule has 1 fully saturated rings. The molecule has 2 aromatic carbocycles. The summed E-state index contributed by atoms with van der Waals surface area (Å²) in [6.45, 7) is 2.49. The Labute approximate surface area is 211 Å². The molecule has 2 aliphatic heterocycles. The van der Waals surface area contributed by atoms with Gasteiger partial charge in [-0.1, -0.05) is 23.7 Å². The first-order chi connectivity index (χ1) is 16.9. The first-order valence-electron chi connectivity index (χ1n) is 11.1. The highest BCUT2D eigenvalue weighted by atomic mass is 35.5. The zero-order chi connectivity index (χ0) is 26.3. The predicted molar refractivity (Wildman–Crippen MR) is 131 cm³/mol. The molecule has 1 unspecified atom stereocenters. The molecule has 0 aromatic heterocycles. The normalized spacial score (nSPS) is 19.7. The van der Waals surface area contributed by atoms with Gasteiger partial charge in [-0.25, -0.2) is 18.2 Å². The molecule has 0 spiro atoms. The second-order valence-corrected chi connectivity index (χ2v) is 11.3. The third kappa shape index (κ3) is 5.70. The number of fused-ring (bicyclic) bond motifs is 1. The van der Waals surface area contributed by atoms with Gasteiger partial charge in [0.15, 0.2) is 9.84 Å². The number of nitrogens with zero attached hydrogens (tertiary/aromatic N) is 3. The van der Waals surface area contributed by atoms with Crippen LogP contribution in [0.5, 0.6) is 5.75 Å². The quantitative estimate of drug-likeness (QED) is 0.634. The van der Waals surface area contributed by atoms with Crippen LogP contribution in [-0.2, 0) is 16.3 Å². The third-order valence-electron chi connectivity index (χ3n) is 6.05. The third-order valence-corrected chi connectivity index (χ3v) is 7.96. The van der Waals surface area contributed by atoms with Gasteiger partial charge < -0.3 is 15.0 Å². The van der Waals surface area contributed by atoms with Gasteiger partial charge >= 0.3 is 12.4 Å². The molecule has 0 radical (unpaired) electrons. The lowest BCUT2D eigenvalue weighted by Gasteiger charge is -2.29. The average molecular weight is 545 g/mol. The van der Waals surface area contributed by atoms with Crippen LogP contribution < -0.4 is 15.0 Å². The minimum Gasteiger partial charge on any atom is -0.404 e. The molecule has 194 valence electrons. The van der Waals surface area contributed by atoms with E-state index >= 15 is 0 Å². The molecule has 2 heterocycles. The van der Waals surface area contributed by atoms with Crippen LogP contribution in [0, 0.1) is 0 Å². The van der Waals surface area contributed by atoms with Crippen LogP contribution >= 0.6 is 11.6 Å². The van der Waals surface area contributed by atoms with Crippen molar-refractivity contribution >= 4 is 38.9 Å². The number of hydrazone groups is 1. The van der Waals surface area contributed by atoms with Crippen molar-refractivity contribution in [1.29, 1.82) is 0 Å². The van der Waals surface area contributed by atoms with Gasteiger partial charge in [0.25, 0.3) is 0 Å². The second-order valence-electron chi connectivity index (χ2n) is 8.57.